The van der Waals surface area contributed by atoms with Crippen LogP contribution < -0.4 is 16.0 Å². The fourth-order valence-corrected chi connectivity index (χ4v) is 4.82. The first-order valence-corrected chi connectivity index (χ1v) is 10.5. The van der Waals surface area contributed by atoms with E-state index < -0.39 is 0 Å². The Morgan fingerprint density at radius 1 is 1.21 bits per heavy atom. The first-order valence-electron chi connectivity index (χ1n) is 9.61. The zero-order valence-electron chi connectivity index (χ0n) is 16.8. The number of thiazole rings is 1. The van der Waals surface area contributed by atoms with Crippen LogP contribution in [0.3, 0.4) is 0 Å². The van der Waals surface area contributed by atoms with Crippen molar-refractivity contribution in [1.82, 2.24) is 10.3 Å². The van der Waals surface area contributed by atoms with Gasteiger partial charge in [-0.1, -0.05) is 32.9 Å². The van der Waals surface area contributed by atoms with Gasteiger partial charge in [-0.2, -0.15) is 0 Å². The van der Waals surface area contributed by atoms with Crippen molar-refractivity contribution in [2.45, 2.75) is 53.0 Å². The van der Waals surface area contributed by atoms with Crippen LogP contribution in [0.2, 0.25) is 0 Å². The lowest BCUT2D eigenvalue weighted by Gasteiger charge is -2.39. The van der Waals surface area contributed by atoms with E-state index in [-0.39, 0.29) is 23.4 Å². The van der Waals surface area contributed by atoms with E-state index in [1.807, 2.05) is 31.2 Å². The third-order valence-corrected chi connectivity index (χ3v) is 5.71. The van der Waals surface area contributed by atoms with E-state index in [0.29, 0.717) is 22.4 Å². The summed E-state index contributed by atoms with van der Waals surface area (Å²) in [7, 11) is 0. The number of benzene rings is 1. The quantitative estimate of drug-likeness (QED) is 0.672. The number of nitrogens with zero attached hydrogens (tertiary/aromatic N) is 1. The molecule has 1 aromatic heterocycles. The molecule has 0 radical (unpaired) electrons. The van der Waals surface area contributed by atoms with E-state index in [1.54, 1.807) is 5.38 Å². The summed E-state index contributed by atoms with van der Waals surface area (Å²) >= 11 is 1.24. The Kier molecular flexibility index (Phi) is 6.03. The molecule has 1 aliphatic carbocycles. The molecule has 150 valence electrons. The van der Waals surface area contributed by atoms with Gasteiger partial charge >= 0.3 is 6.03 Å². The molecule has 3 amide bonds. The zero-order chi connectivity index (χ0) is 20.3. The van der Waals surface area contributed by atoms with Crippen LogP contribution in [-0.2, 0) is 0 Å². The summed E-state index contributed by atoms with van der Waals surface area (Å²) in [6.07, 6.45) is 3.14. The maximum Gasteiger partial charge on any atom is 0.325 e. The van der Waals surface area contributed by atoms with Crippen LogP contribution in [0.25, 0.3) is 0 Å². The van der Waals surface area contributed by atoms with Crippen LogP contribution in [0, 0.1) is 18.3 Å². The molecule has 3 rings (SSSR count). The van der Waals surface area contributed by atoms with Crippen LogP contribution in [0.15, 0.2) is 29.6 Å². The maximum absolute atomic E-state index is 12.6. The minimum Gasteiger partial charge on any atom is -0.348 e. The number of urea groups is 1. The number of aryl methyl sites for hydroxylation is 1. The van der Waals surface area contributed by atoms with Crippen molar-refractivity contribution in [3.63, 3.8) is 0 Å². The summed E-state index contributed by atoms with van der Waals surface area (Å²) in [4.78, 5) is 29.0. The number of carbonyl (C=O) groups is 2. The minimum absolute atomic E-state index is 0.161. The number of hydrogen-bond acceptors (Lipinski definition) is 4. The average molecular weight is 401 g/mol. The first kappa shape index (κ1) is 20.3. The lowest BCUT2D eigenvalue weighted by molar-refractivity contribution is 0.0870. The molecular weight excluding hydrogens is 372 g/mol. The van der Waals surface area contributed by atoms with E-state index in [9.17, 15) is 9.59 Å². The molecule has 3 N–H and O–H groups in total. The Balaban J connectivity index is 1.56. The number of rotatable bonds is 4. The monoisotopic (exact) mass is 400 g/mol. The second kappa shape index (κ2) is 8.31. The Hall–Kier alpha value is -2.41. The molecule has 1 aromatic carbocycles. The van der Waals surface area contributed by atoms with Gasteiger partial charge in [0.15, 0.2) is 5.13 Å². The number of carbonyl (C=O) groups excluding carboxylic acids is 2. The molecule has 0 spiro atoms. The maximum atomic E-state index is 12.6. The SMILES string of the molecule is Cc1cccc(NC(=O)Nc2nc(C(=O)N[C@H]3C[C@H](C)CC(C)(C)C3)cs2)c1. The van der Waals surface area contributed by atoms with Crippen LogP contribution in [0.1, 0.15) is 56.1 Å². The third kappa shape index (κ3) is 5.55. The van der Waals surface area contributed by atoms with E-state index in [4.69, 9.17) is 0 Å². The summed E-state index contributed by atoms with van der Waals surface area (Å²) in [6, 6.07) is 7.32. The largest absolute Gasteiger partial charge is 0.348 e. The highest BCUT2D eigenvalue weighted by Crippen LogP contribution is 2.38. The van der Waals surface area contributed by atoms with E-state index >= 15 is 0 Å². The van der Waals surface area contributed by atoms with Gasteiger partial charge in [-0.3, -0.25) is 10.1 Å². The van der Waals surface area contributed by atoms with Gasteiger partial charge in [-0.25, -0.2) is 9.78 Å². The van der Waals surface area contributed by atoms with Crippen molar-refractivity contribution in [3.05, 3.63) is 40.9 Å². The van der Waals surface area contributed by atoms with Crippen molar-refractivity contribution < 1.29 is 9.59 Å². The van der Waals surface area contributed by atoms with Gasteiger partial charge in [0.25, 0.3) is 5.91 Å². The fourth-order valence-electron chi connectivity index (χ4n) is 4.13. The summed E-state index contributed by atoms with van der Waals surface area (Å²) < 4.78 is 0. The Morgan fingerprint density at radius 3 is 2.71 bits per heavy atom. The van der Waals surface area contributed by atoms with Crippen molar-refractivity contribution in [1.29, 1.82) is 0 Å². The van der Waals surface area contributed by atoms with Crippen LogP contribution >= 0.6 is 11.3 Å². The first-order chi connectivity index (χ1) is 13.2. The number of hydrogen-bond donors (Lipinski definition) is 3. The second-order valence-electron chi connectivity index (χ2n) is 8.57. The zero-order valence-corrected chi connectivity index (χ0v) is 17.7. The van der Waals surface area contributed by atoms with Gasteiger partial charge < -0.3 is 10.6 Å². The molecule has 1 aliphatic rings. The third-order valence-electron chi connectivity index (χ3n) is 4.96. The Morgan fingerprint density at radius 2 is 2.00 bits per heavy atom. The Labute approximate surface area is 170 Å². The molecular formula is C21H28N4O2S. The molecule has 0 unspecified atom stereocenters. The number of amides is 3. The lowest BCUT2D eigenvalue weighted by atomic mass is 9.70. The van der Waals surface area contributed by atoms with Crippen molar-refractivity contribution in [2.24, 2.45) is 11.3 Å². The van der Waals surface area contributed by atoms with Gasteiger partial charge in [0, 0.05) is 17.1 Å². The molecule has 2 atom stereocenters. The highest BCUT2D eigenvalue weighted by Gasteiger charge is 2.33. The van der Waals surface area contributed by atoms with E-state index in [0.717, 1.165) is 18.4 Å². The standard InChI is InChI=1S/C21H28N4O2S/c1-13-6-5-7-15(8-13)23-19(27)25-20-24-17(12-28-20)18(26)22-16-9-14(2)10-21(3,4)11-16/h5-8,12,14,16H,9-11H2,1-4H3,(H,22,26)(H2,23,24,25,27)/t14-,16-/m0/s1. The fraction of sp³-hybridized carbons (Fsp3) is 0.476. The molecule has 7 heteroatoms. The van der Waals surface area contributed by atoms with Gasteiger partial charge in [0.2, 0.25) is 0 Å². The molecule has 1 saturated carbocycles. The van der Waals surface area contributed by atoms with Gasteiger partial charge in [-0.15, -0.1) is 11.3 Å². The number of anilines is 2. The van der Waals surface area contributed by atoms with Crippen molar-refractivity contribution >= 4 is 34.1 Å². The van der Waals surface area contributed by atoms with Gasteiger partial charge in [0.1, 0.15) is 5.69 Å². The summed E-state index contributed by atoms with van der Waals surface area (Å²) in [5, 5.41) is 10.6. The summed E-state index contributed by atoms with van der Waals surface area (Å²) in [5.74, 6) is 0.408. The normalized spacial score (nSPS) is 21.0. The highest BCUT2D eigenvalue weighted by molar-refractivity contribution is 7.14. The molecule has 0 aliphatic heterocycles. The predicted molar refractivity (Wildman–Crippen MR) is 114 cm³/mol. The molecule has 0 saturated heterocycles. The lowest BCUT2D eigenvalue weighted by Crippen LogP contribution is -2.43. The molecule has 28 heavy (non-hydrogen) atoms. The topological polar surface area (TPSA) is 83.1 Å². The molecule has 2 aromatic rings. The van der Waals surface area contributed by atoms with Gasteiger partial charge in [0.05, 0.1) is 0 Å². The summed E-state index contributed by atoms with van der Waals surface area (Å²) in [5.41, 5.74) is 2.34. The average Bonchev–Trinajstić information content (AvgIpc) is 3.01. The van der Waals surface area contributed by atoms with E-state index in [2.05, 4.69) is 41.7 Å². The van der Waals surface area contributed by atoms with Crippen LogP contribution in [0.4, 0.5) is 15.6 Å². The van der Waals surface area contributed by atoms with Gasteiger partial charge in [-0.05, 0) is 55.2 Å². The second-order valence-corrected chi connectivity index (χ2v) is 9.43. The minimum atomic E-state index is -0.380. The highest BCUT2D eigenvalue weighted by atomic mass is 32.1. The number of aromatic nitrogens is 1. The molecule has 1 fully saturated rings. The molecule has 1 heterocycles. The predicted octanol–water partition coefficient (Wildman–Crippen LogP) is 5.04. The van der Waals surface area contributed by atoms with Crippen molar-refractivity contribution in [3.8, 4) is 0 Å². The smallest absolute Gasteiger partial charge is 0.325 e. The van der Waals surface area contributed by atoms with Crippen LogP contribution in [-0.4, -0.2) is 23.0 Å². The molecule has 0 bridgehead atoms. The number of nitrogens with one attached hydrogen (secondary N) is 3. The molecule has 6 nitrogen and oxygen atoms in total. The van der Waals surface area contributed by atoms with E-state index in [1.165, 1.54) is 17.8 Å². The summed E-state index contributed by atoms with van der Waals surface area (Å²) in [6.45, 7) is 8.69. The van der Waals surface area contributed by atoms with Crippen LogP contribution in [0.5, 0.6) is 0 Å². The van der Waals surface area contributed by atoms with Crippen molar-refractivity contribution in [2.75, 3.05) is 10.6 Å². The Bertz CT molecular complexity index is 862.